The summed E-state index contributed by atoms with van der Waals surface area (Å²) < 4.78 is 31.6. The Balaban J connectivity index is 1.45. The number of rotatable bonds is 9. The number of hydrogen-bond acceptors (Lipinski definition) is 5. The van der Waals surface area contributed by atoms with Gasteiger partial charge >= 0.3 is 5.97 Å². The van der Waals surface area contributed by atoms with Crippen molar-refractivity contribution in [2.75, 3.05) is 19.7 Å². The summed E-state index contributed by atoms with van der Waals surface area (Å²) in [5.74, 6) is -1.04. The van der Waals surface area contributed by atoms with E-state index in [9.17, 15) is 18.0 Å². The Morgan fingerprint density at radius 3 is 2.32 bits per heavy atom. The van der Waals surface area contributed by atoms with Crippen LogP contribution < -0.4 is 5.32 Å². The van der Waals surface area contributed by atoms with Crippen LogP contribution in [0, 0.1) is 0 Å². The van der Waals surface area contributed by atoms with Crippen LogP contribution in [0.4, 0.5) is 0 Å². The fraction of sp³-hybridized carbons (Fsp3) is 0.391. The van der Waals surface area contributed by atoms with Gasteiger partial charge in [-0.1, -0.05) is 30.3 Å². The van der Waals surface area contributed by atoms with Crippen LogP contribution in [-0.2, 0) is 26.0 Å². The summed E-state index contributed by atoms with van der Waals surface area (Å²) in [6.45, 7) is 2.56. The van der Waals surface area contributed by atoms with Crippen LogP contribution in [0.15, 0.2) is 59.5 Å². The molecule has 1 N–H and O–H groups in total. The van der Waals surface area contributed by atoms with Crippen molar-refractivity contribution in [3.05, 3.63) is 65.7 Å². The second-order valence-electron chi connectivity index (χ2n) is 7.70. The fourth-order valence-corrected chi connectivity index (χ4v) is 4.99. The van der Waals surface area contributed by atoms with Gasteiger partial charge in [-0.3, -0.25) is 4.79 Å². The predicted octanol–water partition coefficient (Wildman–Crippen LogP) is 2.77. The van der Waals surface area contributed by atoms with Gasteiger partial charge in [0.2, 0.25) is 10.0 Å². The van der Waals surface area contributed by atoms with Crippen LogP contribution in [0.3, 0.4) is 0 Å². The van der Waals surface area contributed by atoms with Crippen molar-refractivity contribution in [2.45, 2.75) is 43.5 Å². The molecule has 3 rings (SSSR count). The lowest BCUT2D eigenvalue weighted by atomic mass is 10.1. The van der Waals surface area contributed by atoms with Crippen molar-refractivity contribution >= 4 is 21.9 Å². The molecule has 1 saturated heterocycles. The topological polar surface area (TPSA) is 92.8 Å². The van der Waals surface area contributed by atoms with Gasteiger partial charge in [-0.2, -0.15) is 4.31 Å². The molecule has 1 aliphatic rings. The molecule has 0 radical (unpaired) electrons. The SMILES string of the molecule is CC(CCc1ccccc1)NC(=O)COC(=O)c1ccc(S(=O)(=O)N2CCCC2)cc1. The number of amides is 1. The van der Waals surface area contributed by atoms with E-state index < -0.39 is 16.0 Å². The van der Waals surface area contributed by atoms with E-state index in [-0.39, 0.29) is 29.0 Å². The molecule has 0 spiro atoms. The molecular formula is C23H28N2O5S. The van der Waals surface area contributed by atoms with Gasteiger partial charge in [-0.25, -0.2) is 13.2 Å². The van der Waals surface area contributed by atoms with E-state index >= 15 is 0 Å². The van der Waals surface area contributed by atoms with Crippen LogP contribution in [0.25, 0.3) is 0 Å². The number of nitrogens with zero attached hydrogens (tertiary/aromatic N) is 1. The van der Waals surface area contributed by atoms with Gasteiger partial charge in [-0.15, -0.1) is 0 Å². The van der Waals surface area contributed by atoms with Crippen molar-refractivity contribution in [3.8, 4) is 0 Å². The zero-order valence-corrected chi connectivity index (χ0v) is 18.4. The number of nitrogens with one attached hydrogen (secondary N) is 1. The molecule has 1 heterocycles. The third-order valence-corrected chi connectivity index (χ3v) is 7.16. The lowest BCUT2D eigenvalue weighted by Crippen LogP contribution is -2.36. The monoisotopic (exact) mass is 444 g/mol. The van der Waals surface area contributed by atoms with E-state index in [0.29, 0.717) is 13.1 Å². The fourth-order valence-electron chi connectivity index (χ4n) is 3.47. The molecule has 2 aromatic rings. The number of carbonyl (C=O) groups is 2. The summed E-state index contributed by atoms with van der Waals surface area (Å²) in [7, 11) is -3.53. The molecule has 31 heavy (non-hydrogen) atoms. The Labute approximate surface area is 183 Å². The van der Waals surface area contributed by atoms with E-state index in [2.05, 4.69) is 5.32 Å². The van der Waals surface area contributed by atoms with Gasteiger partial charge in [0.15, 0.2) is 6.61 Å². The van der Waals surface area contributed by atoms with Gasteiger partial charge in [-0.05, 0) is 62.4 Å². The zero-order valence-electron chi connectivity index (χ0n) is 17.6. The van der Waals surface area contributed by atoms with Gasteiger partial charge in [0.05, 0.1) is 10.5 Å². The maximum Gasteiger partial charge on any atom is 0.338 e. The molecule has 2 aromatic carbocycles. The summed E-state index contributed by atoms with van der Waals surface area (Å²) in [4.78, 5) is 24.4. The average molecular weight is 445 g/mol. The highest BCUT2D eigenvalue weighted by Gasteiger charge is 2.27. The van der Waals surface area contributed by atoms with Gasteiger partial charge in [0.1, 0.15) is 0 Å². The van der Waals surface area contributed by atoms with Crippen LogP contribution in [0.5, 0.6) is 0 Å². The Morgan fingerprint density at radius 2 is 1.68 bits per heavy atom. The van der Waals surface area contributed by atoms with Crippen molar-refractivity contribution in [3.63, 3.8) is 0 Å². The molecule has 1 unspecified atom stereocenters. The van der Waals surface area contributed by atoms with Crippen molar-refractivity contribution in [1.82, 2.24) is 9.62 Å². The highest BCUT2D eigenvalue weighted by molar-refractivity contribution is 7.89. The highest BCUT2D eigenvalue weighted by Crippen LogP contribution is 2.21. The average Bonchev–Trinajstić information content (AvgIpc) is 3.33. The van der Waals surface area contributed by atoms with Crippen molar-refractivity contribution in [1.29, 1.82) is 0 Å². The van der Waals surface area contributed by atoms with Gasteiger partial charge < -0.3 is 10.1 Å². The zero-order chi connectivity index (χ0) is 22.3. The van der Waals surface area contributed by atoms with E-state index in [0.717, 1.165) is 25.7 Å². The van der Waals surface area contributed by atoms with Crippen molar-refractivity contribution in [2.24, 2.45) is 0 Å². The number of esters is 1. The lowest BCUT2D eigenvalue weighted by molar-refractivity contribution is -0.124. The van der Waals surface area contributed by atoms with Gasteiger partial charge in [0, 0.05) is 19.1 Å². The molecule has 0 aromatic heterocycles. The molecule has 0 aliphatic carbocycles. The minimum atomic E-state index is -3.53. The number of carbonyl (C=O) groups excluding carboxylic acids is 2. The maximum absolute atomic E-state index is 12.5. The molecule has 1 aliphatic heterocycles. The van der Waals surface area contributed by atoms with Crippen LogP contribution >= 0.6 is 0 Å². The normalized spacial score (nSPS) is 15.4. The summed E-state index contributed by atoms with van der Waals surface area (Å²) in [6, 6.07) is 15.6. The molecule has 0 bridgehead atoms. The van der Waals surface area contributed by atoms with Crippen LogP contribution in [-0.4, -0.2) is 50.3 Å². The largest absolute Gasteiger partial charge is 0.452 e. The smallest absolute Gasteiger partial charge is 0.338 e. The second kappa shape index (κ2) is 10.5. The number of sulfonamides is 1. The molecule has 166 valence electrons. The van der Waals surface area contributed by atoms with E-state index in [1.165, 1.54) is 34.1 Å². The third kappa shape index (κ3) is 6.38. The van der Waals surface area contributed by atoms with Crippen LogP contribution in [0.1, 0.15) is 42.1 Å². The highest BCUT2D eigenvalue weighted by atomic mass is 32.2. The molecule has 7 nitrogen and oxygen atoms in total. The Hall–Kier alpha value is -2.71. The standard InChI is InChI=1S/C23H28N2O5S/c1-18(9-10-19-7-3-2-4-8-19)24-22(26)17-30-23(27)20-11-13-21(14-12-20)31(28,29)25-15-5-6-16-25/h2-4,7-8,11-14,18H,5-6,9-10,15-17H2,1H3,(H,24,26). The molecule has 8 heteroatoms. The first-order valence-electron chi connectivity index (χ1n) is 10.5. The Kier molecular flexibility index (Phi) is 7.81. The van der Waals surface area contributed by atoms with Gasteiger partial charge in [0.25, 0.3) is 5.91 Å². The number of hydrogen-bond donors (Lipinski definition) is 1. The molecule has 1 fully saturated rings. The number of ether oxygens (including phenoxy) is 1. The minimum Gasteiger partial charge on any atom is -0.452 e. The molecule has 1 atom stereocenters. The second-order valence-corrected chi connectivity index (χ2v) is 9.64. The third-order valence-electron chi connectivity index (χ3n) is 5.24. The summed E-state index contributed by atoms with van der Waals surface area (Å²) >= 11 is 0. The quantitative estimate of drug-likeness (QED) is 0.601. The first kappa shape index (κ1) is 23.0. The first-order valence-corrected chi connectivity index (χ1v) is 11.9. The van der Waals surface area contributed by atoms with E-state index in [1.807, 2.05) is 37.3 Å². The van der Waals surface area contributed by atoms with E-state index in [4.69, 9.17) is 4.74 Å². The lowest BCUT2D eigenvalue weighted by Gasteiger charge is -2.15. The summed E-state index contributed by atoms with van der Waals surface area (Å²) in [5.41, 5.74) is 1.40. The number of benzene rings is 2. The first-order chi connectivity index (χ1) is 14.9. The summed E-state index contributed by atoms with van der Waals surface area (Å²) in [6.07, 6.45) is 3.33. The van der Waals surface area contributed by atoms with Crippen molar-refractivity contribution < 1.29 is 22.7 Å². The molecular weight excluding hydrogens is 416 g/mol. The van der Waals surface area contributed by atoms with E-state index in [1.54, 1.807) is 0 Å². The Morgan fingerprint density at radius 1 is 1.03 bits per heavy atom. The predicted molar refractivity (Wildman–Crippen MR) is 117 cm³/mol. The number of aryl methyl sites for hydroxylation is 1. The minimum absolute atomic E-state index is 0.0542. The Bertz CT molecular complexity index is 984. The molecule has 1 amide bonds. The molecule has 0 saturated carbocycles. The van der Waals surface area contributed by atoms with Crippen LogP contribution in [0.2, 0.25) is 0 Å². The summed E-state index contributed by atoms with van der Waals surface area (Å²) in [5, 5.41) is 2.82. The maximum atomic E-state index is 12.5.